The molecule has 1 atom stereocenters. The summed E-state index contributed by atoms with van der Waals surface area (Å²) in [6, 6.07) is 9.96. The van der Waals surface area contributed by atoms with E-state index in [-0.39, 0.29) is 23.5 Å². The Morgan fingerprint density at radius 1 is 1.03 bits per heavy atom. The van der Waals surface area contributed by atoms with E-state index in [0.717, 1.165) is 38.4 Å². The predicted molar refractivity (Wildman–Crippen MR) is 121 cm³/mol. The molecule has 2 amide bonds. The number of rotatable bonds is 6. The summed E-state index contributed by atoms with van der Waals surface area (Å²) in [7, 11) is 0. The second kappa shape index (κ2) is 10.1. The van der Waals surface area contributed by atoms with Crippen molar-refractivity contribution < 1.29 is 19.1 Å². The Bertz CT molecular complexity index is 814. The minimum absolute atomic E-state index is 0.138. The van der Waals surface area contributed by atoms with Crippen LogP contribution >= 0.6 is 0 Å². The molecule has 174 valence electrons. The van der Waals surface area contributed by atoms with Gasteiger partial charge in [-0.25, -0.2) is 0 Å². The number of hydrogen-bond donors (Lipinski definition) is 0. The van der Waals surface area contributed by atoms with E-state index in [1.54, 1.807) is 6.92 Å². The third kappa shape index (κ3) is 4.89. The van der Waals surface area contributed by atoms with Gasteiger partial charge in [0.15, 0.2) is 0 Å². The molecule has 7 nitrogen and oxygen atoms in total. The number of likely N-dealkylation sites (tertiary alicyclic amines) is 2. The highest BCUT2D eigenvalue weighted by Crippen LogP contribution is 2.37. The van der Waals surface area contributed by atoms with E-state index in [0.29, 0.717) is 51.9 Å². The summed E-state index contributed by atoms with van der Waals surface area (Å²) in [6.45, 7) is 8.15. The van der Waals surface area contributed by atoms with Gasteiger partial charge in [0.1, 0.15) is 5.78 Å². The predicted octanol–water partition coefficient (Wildman–Crippen LogP) is 1.71. The second-order valence-corrected chi connectivity index (χ2v) is 9.36. The molecule has 3 aliphatic rings. The Kier molecular flexibility index (Phi) is 7.26. The maximum absolute atomic E-state index is 13.3. The summed E-state index contributed by atoms with van der Waals surface area (Å²) in [5.41, 5.74) is 0.558. The van der Waals surface area contributed by atoms with Gasteiger partial charge in [-0.1, -0.05) is 30.3 Å². The van der Waals surface area contributed by atoms with E-state index in [4.69, 9.17) is 4.74 Å². The molecule has 3 heterocycles. The average Bonchev–Trinajstić information content (AvgIpc) is 2.84. The molecule has 0 saturated carbocycles. The SMILES string of the molecule is CC(=O)C1(c2ccccc2)CCN(C(=O)[C@@H]2CCC(=O)N(CCN3CCOCC3)C2)CC1. The van der Waals surface area contributed by atoms with Gasteiger partial charge in [0, 0.05) is 52.2 Å². The van der Waals surface area contributed by atoms with Crippen molar-refractivity contribution in [3.63, 3.8) is 0 Å². The average molecular weight is 442 g/mol. The molecule has 3 saturated heterocycles. The normalized spacial score (nSPS) is 24.4. The van der Waals surface area contributed by atoms with Crippen molar-refractivity contribution in [2.45, 2.75) is 38.0 Å². The number of amides is 2. The molecule has 0 radical (unpaired) electrons. The number of benzene rings is 1. The van der Waals surface area contributed by atoms with E-state index in [9.17, 15) is 14.4 Å². The zero-order valence-electron chi connectivity index (χ0n) is 19.1. The number of Topliss-reactive ketones (excluding diaryl/α,β-unsaturated/α-hetero) is 1. The van der Waals surface area contributed by atoms with E-state index >= 15 is 0 Å². The van der Waals surface area contributed by atoms with Crippen molar-refractivity contribution in [3.8, 4) is 0 Å². The maximum atomic E-state index is 13.3. The van der Waals surface area contributed by atoms with Crippen LogP contribution in [0.15, 0.2) is 30.3 Å². The highest BCUT2D eigenvalue weighted by molar-refractivity contribution is 5.89. The van der Waals surface area contributed by atoms with Gasteiger partial charge in [-0.05, 0) is 31.7 Å². The third-order valence-corrected chi connectivity index (χ3v) is 7.57. The molecule has 3 aliphatic heterocycles. The van der Waals surface area contributed by atoms with Crippen molar-refractivity contribution >= 4 is 17.6 Å². The monoisotopic (exact) mass is 441 g/mol. The lowest BCUT2D eigenvalue weighted by molar-refractivity contribution is -0.145. The fraction of sp³-hybridized carbons (Fsp3) is 0.640. The molecular weight excluding hydrogens is 406 g/mol. The number of carbonyl (C=O) groups is 3. The highest BCUT2D eigenvalue weighted by Gasteiger charge is 2.42. The number of morpholine rings is 1. The molecule has 1 aromatic carbocycles. The van der Waals surface area contributed by atoms with Crippen molar-refractivity contribution in [2.24, 2.45) is 5.92 Å². The van der Waals surface area contributed by atoms with Gasteiger partial charge >= 0.3 is 0 Å². The molecule has 0 unspecified atom stereocenters. The lowest BCUT2D eigenvalue weighted by Crippen LogP contribution is -2.53. The van der Waals surface area contributed by atoms with Gasteiger partial charge < -0.3 is 14.5 Å². The van der Waals surface area contributed by atoms with Crippen LogP contribution < -0.4 is 0 Å². The quantitative estimate of drug-likeness (QED) is 0.672. The molecule has 4 rings (SSSR count). The van der Waals surface area contributed by atoms with Crippen molar-refractivity contribution in [1.82, 2.24) is 14.7 Å². The van der Waals surface area contributed by atoms with Gasteiger partial charge in [0.05, 0.1) is 24.5 Å². The van der Waals surface area contributed by atoms with Crippen LogP contribution in [0.25, 0.3) is 0 Å². The van der Waals surface area contributed by atoms with Crippen LogP contribution in [0, 0.1) is 5.92 Å². The van der Waals surface area contributed by atoms with Crippen molar-refractivity contribution in [2.75, 3.05) is 59.0 Å². The number of ketones is 1. The first-order valence-corrected chi connectivity index (χ1v) is 11.9. The first kappa shape index (κ1) is 22.9. The molecule has 0 aliphatic carbocycles. The number of piperidine rings is 2. The molecule has 0 aromatic heterocycles. The Morgan fingerprint density at radius 3 is 2.38 bits per heavy atom. The largest absolute Gasteiger partial charge is 0.379 e. The molecular formula is C25H35N3O4. The summed E-state index contributed by atoms with van der Waals surface area (Å²) in [4.78, 5) is 44.5. The van der Waals surface area contributed by atoms with Gasteiger partial charge in [-0.15, -0.1) is 0 Å². The summed E-state index contributed by atoms with van der Waals surface area (Å²) in [6.07, 6.45) is 2.38. The zero-order chi connectivity index (χ0) is 22.6. The molecule has 0 spiro atoms. The van der Waals surface area contributed by atoms with E-state index in [2.05, 4.69) is 4.90 Å². The Morgan fingerprint density at radius 2 is 1.72 bits per heavy atom. The number of carbonyl (C=O) groups excluding carboxylic acids is 3. The van der Waals surface area contributed by atoms with Crippen molar-refractivity contribution in [1.29, 1.82) is 0 Å². The van der Waals surface area contributed by atoms with Crippen LogP contribution in [-0.4, -0.2) is 91.3 Å². The van der Waals surface area contributed by atoms with Crippen LogP contribution in [-0.2, 0) is 24.5 Å². The minimum Gasteiger partial charge on any atom is -0.379 e. The van der Waals surface area contributed by atoms with Gasteiger partial charge in [-0.3, -0.25) is 19.3 Å². The number of ether oxygens (including phenoxy) is 1. The van der Waals surface area contributed by atoms with Crippen LogP contribution in [0.3, 0.4) is 0 Å². The minimum atomic E-state index is -0.495. The Balaban J connectivity index is 1.34. The Labute approximate surface area is 190 Å². The lowest BCUT2D eigenvalue weighted by atomic mass is 9.70. The first-order chi connectivity index (χ1) is 15.5. The molecule has 0 bridgehead atoms. The summed E-state index contributed by atoms with van der Waals surface area (Å²) in [5, 5.41) is 0. The Hall–Kier alpha value is -2.25. The van der Waals surface area contributed by atoms with Crippen LogP contribution in [0.2, 0.25) is 0 Å². The molecule has 3 fully saturated rings. The van der Waals surface area contributed by atoms with E-state index < -0.39 is 5.41 Å². The topological polar surface area (TPSA) is 70.2 Å². The lowest BCUT2D eigenvalue weighted by Gasteiger charge is -2.42. The fourth-order valence-electron chi connectivity index (χ4n) is 5.39. The summed E-state index contributed by atoms with van der Waals surface area (Å²) < 4.78 is 5.39. The third-order valence-electron chi connectivity index (χ3n) is 7.57. The molecule has 0 N–H and O–H groups in total. The number of nitrogens with zero attached hydrogens (tertiary/aromatic N) is 3. The summed E-state index contributed by atoms with van der Waals surface area (Å²) >= 11 is 0. The van der Waals surface area contributed by atoms with Gasteiger partial charge in [-0.2, -0.15) is 0 Å². The standard InChI is InChI=1S/C25H35N3O4/c1-20(29)25(22-5-3-2-4-6-22)9-11-27(12-10-25)24(31)21-7-8-23(30)28(19-21)14-13-26-15-17-32-18-16-26/h2-6,21H,7-19H2,1H3/t21-/m1/s1. The fourth-order valence-corrected chi connectivity index (χ4v) is 5.39. The summed E-state index contributed by atoms with van der Waals surface area (Å²) in [5.74, 6) is 0.326. The first-order valence-electron chi connectivity index (χ1n) is 11.9. The van der Waals surface area contributed by atoms with Crippen LogP contribution in [0.1, 0.15) is 38.2 Å². The second-order valence-electron chi connectivity index (χ2n) is 9.36. The van der Waals surface area contributed by atoms with Crippen LogP contribution in [0.4, 0.5) is 0 Å². The molecule has 7 heteroatoms. The van der Waals surface area contributed by atoms with Crippen LogP contribution in [0.5, 0.6) is 0 Å². The van der Waals surface area contributed by atoms with Gasteiger partial charge in [0.25, 0.3) is 0 Å². The van der Waals surface area contributed by atoms with Crippen molar-refractivity contribution in [3.05, 3.63) is 35.9 Å². The zero-order valence-corrected chi connectivity index (χ0v) is 19.1. The van der Waals surface area contributed by atoms with Gasteiger partial charge in [0.2, 0.25) is 11.8 Å². The molecule has 32 heavy (non-hydrogen) atoms. The maximum Gasteiger partial charge on any atom is 0.227 e. The van der Waals surface area contributed by atoms with E-state index in [1.807, 2.05) is 40.1 Å². The highest BCUT2D eigenvalue weighted by atomic mass is 16.5. The smallest absolute Gasteiger partial charge is 0.227 e. The molecule has 1 aromatic rings. The van der Waals surface area contributed by atoms with E-state index in [1.165, 1.54) is 0 Å². The number of hydrogen-bond acceptors (Lipinski definition) is 5.